The van der Waals surface area contributed by atoms with Gasteiger partial charge in [-0.3, -0.25) is 4.79 Å². The molecule has 0 spiro atoms. The second kappa shape index (κ2) is 6.08. The van der Waals surface area contributed by atoms with Crippen molar-refractivity contribution in [1.29, 1.82) is 0 Å². The molecule has 0 amide bonds. The molecule has 0 unspecified atom stereocenters. The summed E-state index contributed by atoms with van der Waals surface area (Å²) in [5, 5.41) is 0. The second-order valence-electron chi connectivity index (χ2n) is 6.01. The minimum absolute atomic E-state index is 0.0400. The average molecular weight is 316 g/mol. The van der Waals surface area contributed by atoms with Crippen LogP contribution in [0.4, 0.5) is 22.0 Å². The molecular formula is C14H21F5O2. The molecule has 1 saturated carbocycles. The van der Waals surface area contributed by atoms with E-state index in [1.807, 2.05) is 0 Å². The third-order valence-electron chi connectivity index (χ3n) is 4.22. The minimum atomic E-state index is -5.53. The molecule has 0 aliphatic heterocycles. The maximum atomic E-state index is 13.3. The van der Waals surface area contributed by atoms with E-state index in [1.54, 1.807) is 20.8 Å². The highest BCUT2D eigenvalue weighted by molar-refractivity contribution is 5.72. The fourth-order valence-electron chi connectivity index (χ4n) is 2.60. The molecule has 0 aromatic carbocycles. The molecule has 2 nitrogen and oxygen atoms in total. The highest BCUT2D eigenvalue weighted by Gasteiger charge is 2.63. The summed E-state index contributed by atoms with van der Waals surface area (Å²) in [6.45, 7) is 5.04. The van der Waals surface area contributed by atoms with Gasteiger partial charge in [-0.1, -0.05) is 20.8 Å². The van der Waals surface area contributed by atoms with E-state index in [0.717, 1.165) is 0 Å². The van der Waals surface area contributed by atoms with Gasteiger partial charge in [-0.15, -0.1) is 0 Å². The third-order valence-corrected chi connectivity index (χ3v) is 4.22. The lowest BCUT2D eigenvalue weighted by atomic mass is 9.74. The topological polar surface area (TPSA) is 26.3 Å². The van der Waals surface area contributed by atoms with Crippen LogP contribution in [0.15, 0.2) is 0 Å². The Morgan fingerprint density at radius 3 is 2.00 bits per heavy atom. The molecule has 0 N–H and O–H groups in total. The molecule has 0 radical (unpaired) electrons. The lowest BCUT2D eigenvalue weighted by Crippen LogP contribution is -2.48. The molecule has 124 valence electrons. The number of halogens is 5. The lowest BCUT2D eigenvalue weighted by molar-refractivity contribution is -0.308. The predicted molar refractivity (Wildman–Crippen MR) is 66.9 cm³/mol. The number of carbonyl (C=O) groups excluding carboxylic acids is 1. The first-order valence-corrected chi connectivity index (χ1v) is 7.12. The molecule has 0 aromatic heterocycles. The molecule has 0 saturated heterocycles. The van der Waals surface area contributed by atoms with Gasteiger partial charge in [0.05, 0.1) is 5.92 Å². The van der Waals surface area contributed by atoms with E-state index in [2.05, 4.69) is 0 Å². The maximum Gasteiger partial charge on any atom is 0.453 e. The number of hydrogen-bond acceptors (Lipinski definition) is 2. The summed E-state index contributed by atoms with van der Waals surface area (Å²) in [6, 6.07) is 0. The van der Waals surface area contributed by atoms with Crippen molar-refractivity contribution in [2.45, 2.75) is 70.6 Å². The number of ether oxygens (including phenoxy) is 1. The monoisotopic (exact) mass is 316 g/mol. The number of carbonyl (C=O) groups is 1. The van der Waals surface area contributed by atoms with E-state index < -0.39 is 29.6 Å². The fourth-order valence-corrected chi connectivity index (χ4v) is 2.60. The minimum Gasteiger partial charge on any atom is -0.459 e. The molecule has 0 aromatic rings. The van der Waals surface area contributed by atoms with Crippen LogP contribution in [-0.4, -0.2) is 23.7 Å². The van der Waals surface area contributed by atoms with Gasteiger partial charge in [0, 0.05) is 5.92 Å². The lowest BCUT2D eigenvalue weighted by Gasteiger charge is -2.41. The summed E-state index contributed by atoms with van der Waals surface area (Å²) < 4.78 is 69.2. The number of rotatable bonds is 4. The van der Waals surface area contributed by atoms with Gasteiger partial charge in [-0.2, -0.15) is 22.0 Å². The molecular weight excluding hydrogens is 295 g/mol. The first-order chi connectivity index (χ1) is 9.45. The summed E-state index contributed by atoms with van der Waals surface area (Å²) in [6.07, 6.45) is -5.64. The van der Waals surface area contributed by atoms with Crippen molar-refractivity contribution in [2.75, 3.05) is 0 Å². The van der Waals surface area contributed by atoms with E-state index in [9.17, 15) is 26.7 Å². The molecule has 1 rings (SSSR count). The fraction of sp³-hybridized carbons (Fsp3) is 0.929. The zero-order valence-corrected chi connectivity index (χ0v) is 12.4. The van der Waals surface area contributed by atoms with Gasteiger partial charge in [-0.25, -0.2) is 0 Å². The van der Waals surface area contributed by atoms with Crippen LogP contribution in [0.3, 0.4) is 0 Å². The summed E-state index contributed by atoms with van der Waals surface area (Å²) in [5.74, 6) is -7.23. The van der Waals surface area contributed by atoms with Crippen molar-refractivity contribution in [1.82, 2.24) is 0 Å². The smallest absolute Gasteiger partial charge is 0.453 e. The van der Waals surface area contributed by atoms with Crippen LogP contribution in [0.2, 0.25) is 0 Å². The van der Waals surface area contributed by atoms with E-state index in [1.165, 1.54) is 0 Å². The van der Waals surface area contributed by atoms with Gasteiger partial charge in [0.25, 0.3) is 0 Å². The van der Waals surface area contributed by atoms with Crippen molar-refractivity contribution in [3.63, 3.8) is 0 Å². The zero-order chi connectivity index (χ0) is 16.5. The van der Waals surface area contributed by atoms with Gasteiger partial charge >= 0.3 is 18.1 Å². The van der Waals surface area contributed by atoms with Crippen molar-refractivity contribution in [2.24, 2.45) is 11.8 Å². The van der Waals surface area contributed by atoms with Crippen molar-refractivity contribution < 1.29 is 31.5 Å². The molecule has 1 fully saturated rings. The van der Waals surface area contributed by atoms with Crippen molar-refractivity contribution in [3.8, 4) is 0 Å². The highest BCUT2D eigenvalue weighted by atomic mass is 19.4. The average Bonchev–Trinajstić information content (AvgIpc) is 2.37. The van der Waals surface area contributed by atoms with Gasteiger partial charge < -0.3 is 4.74 Å². The molecule has 7 heteroatoms. The van der Waals surface area contributed by atoms with E-state index in [-0.39, 0.29) is 31.6 Å². The van der Waals surface area contributed by atoms with Crippen LogP contribution in [-0.2, 0) is 9.53 Å². The SMILES string of the molecule is CCC1(OC(=O)C(C)C)CCC(C(F)(F)C(F)(F)F)CC1. The molecule has 1 aliphatic carbocycles. The van der Waals surface area contributed by atoms with Gasteiger partial charge in [0.1, 0.15) is 5.60 Å². The van der Waals surface area contributed by atoms with Crippen molar-refractivity contribution in [3.05, 3.63) is 0 Å². The van der Waals surface area contributed by atoms with Crippen LogP contribution >= 0.6 is 0 Å². The van der Waals surface area contributed by atoms with Crippen LogP contribution in [0.1, 0.15) is 52.9 Å². The van der Waals surface area contributed by atoms with Gasteiger partial charge in [0.2, 0.25) is 0 Å². The van der Waals surface area contributed by atoms with Gasteiger partial charge in [-0.05, 0) is 32.1 Å². The summed E-state index contributed by atoms with van der Waals surface area (Å²) >= 11 is 0. The van der Waals surface area contributed by atoms with Gasteiger partial charge in [0.15, 0.2) is 0 Å². The maximum absolute atomic E-state index is 13.3. The van der Waals surface area contributed by atoms with E-state index >= 15 is 0 Å². The highest BCUT2D eigenvalue weighted by Crippen LogP contribution is 2.49. The summed E-state index contributed by atoms with van der Waals surface area (Å²) in [5.41, 5.74) is -0.903. The van der Waals surface area contributed by atoms with Crippen molar-refractivity contribution >= 4 is 5.97 Å². The Morgan fingerprint density at radius 1 is 1.19 bits per heavy atom. The van der Waals surface area contributed by atoms with Crippen LogP contribution in [0.5, 0.6) is 0 Å². The Morgan fingerprint density at radius 2 is 1.67 bits per heavy atom. The predicted octanol–water partition coefficient (Wildman–Crippen LogP) is 4.72. The second-order valence-corrected chi connectivity index (χ2v) is 6.01. The molecule has 0 bridgehead atoms. The van der Waals surface area contributed by atoms with Crippen LogP contribution in [0.25, 0.3) is 0 Å². The van der Waals surface area contributed by atoms with Crippen LogP contribution < -0.4 is 0 Å². The number of hydrogen-bond donors (Lipinski definition) is 0. The quantitative estimate of drug-likeness (QED) is 0.554. The Bertz CT molecular complexity index is 368. The Kier molecular flexibility index (Phi) is 5.26. The zero-order valence-electron chi connectivity index (χ0n) is 12.4. The summed E-state index contributed by atoms with van der Waals surface area (Å²) in [7, 11) is 0. The van der Waals surface area contributed by atoms with Crippen LogP contribution in [0, 0.1) is 11.8 Å². The molecule has 21 heavy (non-hydrogen) atoms. The Balaban J connectivity index is 2.75. The number of esters is 1. The third kappa shape index (κ3) is 3.86. The summed E-state index contributed by atoms with van der Waals surface area (Å²) in [4.78, 5) is 11.7. The Hall–Kier alpha value is -0.880. The largest absolute Gasteiger partial charge is 0.459 e. The first kappa shape index (κ1) is 18.2. The Labute approximate surface area is 121 Å². The molecule has 0 heterocycles. The normalized spacial score (nSPS) is 27.8. The molecule has 1 aliphatic rings. The molecule has 0 atom stereocenters. The first-order valence-electron chi connectivity index (χ1n) is 7.12. The van der Waals surface area contributed by atoms with E-state index in [4.69, 9.17) is 4.74 Å². The standard InChI is InChI=1S/C14H21F5O2/c1-4-12(21-11(20)9(2)3)7-5-10(6-8-12)13(15,16)14(17,18)19/h9-10H,4-8H2,1-3H3. The van der Waals surface area contributed by atoms with E-state index in [0.29, 0.717) is 6.42 Å². The number of alkyl halides is 5.